The molecule has 0 saturated heterocycles. The molecule has 5 nitrogen and oxygen atoms in total. The minimum Gasteiger partial charge on any atom is -0.383 e. The van der Waals surface area contributed by atoms with Crippen LogP contribution in [-0.4, -0.2) is 35.2 Å². The van der Waals surface area contributed by atoms with Crippen LogP contribution >= 0.6 is 0 Å². The van der Waals surface area contributed by atoms with Gasteiger partial charge in [-0.05, 0) is 67.6 Å². The van der Waals surface area contributed by atoms with Gasteiger partial charge in [0.25, 0.3) is 10.0 Å². The molecule has 0 bridgehead atoms. The van der Waals surface area contributed by atoms with Gasteiger partial charge in [0.05, 0.1) is 17.2 Å². The highest BCUT2D eigenvalue weighted by molar-refractivity contribution is 7.92. The zero-order chi connectivity index (χ0) is 18.7. The normalized spacial score (nSPS) is 14.2. The Balaban J connectivity index is 1.87. The van der Waals surface area contributed by atoms with Crippen LogP contribution < -0.4 is 9.62 Å². The average Bonchev–Trinajstić information content (AvgIpc) is 2.61. The molecule has 1 aliphatic heterocycles. The summed E-state index contributed by atoms with van der Waals surface area (Å²) in [6.07, 6.45) is 2.12. The number of benzene rings is 2. The lowest BCUT2D eigenvalue weighted by molar-refractivity contribution is 0.205. The first kappa shape index (κ1) is 18.7. The largest absolute Gasteiger partial charge is 0.383 e. The van der Waals surface area contributed by atoms with Crippen LogP contribution in [0.1, 0.15) is 23.1 Å². The maximum atomic E-state index is 12.7. The zero-order valence-electron chi connectivity index (χ0n) is 15.6. The van der Waals surface area contributed by atoms with Gasteiger partial charge < -0.3 is 9.64 Å². The zero-order valence-corrected chi connectivity index (χ0v) is 16.4. The molecular formula is C20H26N2O3S. The monoisotopic (exact) mass is 374 g/mol. The third-order valence-electron chi connectivity index (χ3n) is 4.91. The number of rotatable bonds is 6. The Labute approximate surface area is 156 Å². The maximum Gasteiger partial charge on any atom is 0.261 e. The van der Waals surface area contributed by atoms with Crippen molar-refractivity contribution in [3.8, 4) is 0 Å². The number of nitrogens with zero attached hydrogens (tertiary/aromatic N) is 1. The molecule has 0 radical (unpaired) electrons. The maximum absolute atomic E-state index is 12.7. The van der Waals surface area contributed by atoms with Crippen LogP contribution in [-0.2, 0) is 21.2 Å². The molecule has 1 aliphatic rings. The Kier molecular flexibility index (Phi) is 5.53. The minimum absolute atomic E-state index is 0.287. The van der Waals surface area contributed by atoms with Crippen LogP contribution in [0.15, 0.2) is 41.3 Å². The van der Waals surface area contributed by atoms with Crippen LogP contribution in [0.2, 0.25) is 0 Å². The Morgan fingerprint density at radius 2 is 1.92 bits per heavy atom. The predicted molar refractivity (Wildman–Crippen MR) is 106 cm³/mol. The van der Waals surface area contributed by atoms with Crippen LogP contribution in [0.3, 0.4) is 0 Å². The molecule has 0 saturated carbocycles. The average molecular weight is 375 g/mol. The molecular weight excluding hydrogens is 348 g/mol. The van der Waals surface area contributed by atoms with Crippen LogP contribution in [0.4, 0.5) is 11.4 Å². The van der Waals surface area contributed by atoms with Crippen molar-refractivity contribution in [2.24, 2.45) is 0 Å². The molecule has 0 unspecified atom stereocenters. The van der Waals surface area contributed by atoms with E-state index >= 15 is 0 Å². The van der Waals surface area contributed by atoms with Gasteiger partial charge in [-0.1, -0.05) is 12.1 Å². The van der Waals surface area contributed by atoms with Crippen molar-refractivity contribution in [3.63, 3.8) is 0 Å². The Hall–Kier alpha value is -2.05. The smallest absolute Gasteiger partial charge is 0.261 e. The molecule has 0 aliphatic carbocycles. The number of nitrogens with one attached hydrogen (secondary N) is 1. The van der Waals surface area contributed by atoms with Crippen molar-refractivity contribution in [2.75, 3.05) is 36.4 Å². The van der Waals surface area contributed by atoms with E-state index in [-0.39, 0.29) is 4.90 Å². The number of methoxy groups -OCH3 is 1. The van der Waals surface area contributed by atoms with Crippen LogP contribution in [0.25, 0.3) is 0 Å². The van der Waals surface area contributed by atoms with Gasteiger partial charge in [-0.25, -0.2) is 8.42 Å². The summed E-state index contributed by atoms with van der Waals surface area (Å²) in [4.78, 5) is 2.55. The summed E-state index contributed by atoms with van der Waals surface area (Å²) in [6.45, 7) is 6.30. The molecule has 0 atom stereocenters. The first-order valence-corrected chi connectivity index (χ1v) is 10.4. The highest BCUT2D eigenvalue weighted by Crippen LogP contribution is 2.31. The molecule has 0 fully saturated rings. The van der Waals surface area contributed by atoms with E-state index in [1.165, 1.54) is 5.56 Å². The summed E-state index contributed by atoms with van der Waals surface area (Å²) in [5.41, 5.74) is 4.97. The van der Waals surface area contributed by atoms with Gasteiger partial charge in [-0.2, -0.15) is 0 Å². The fourth-order valence-electron chi connectivity index (χ4n) is 3.24. The fourth-order valence-corrected chi connectivity index (χ4v) is 4.38. The van der Waals surface area contributed by atoms with E-state index in [4.69, 9.17) is 4.74 Å². The number of aryl methyl sites for hydroxylation is 3. The first-order chi connectivity index (χ1) is 12.4. The van der Waals surface area contributed by atoms with E-state index in [1.54, 1.807) is 19.2 Å². The Bertz CT molecular complexity index is 894. The standard InChI is InChI=1S/C20H26N2O3S/c1-15-6-9-19(13-16(15)2)26(23,24)21-18-8-7-17-5-4-10-22(11-12-25-3)20(17)14-18/h6-9,13-14,21H,4-5,10-12H2,1-3H3. The quantitative estimate of drug-likeness (QED) is 0.841. The number of fused-ring (bicyclic) bond motifs is 1. The van der Waals surface area contributed by atoms with Gasteiger partial charge in [0.15, 0.2) is 0 Å². The van der Waals surface area contributed by atoms with Gasteiger partial charge in [0.1, 0.15) is 0 Å². The van der Waals surface area contributed by atoms with Gasteiger partial charge >= 0.3 is 0 Å². The number of sulfonamides is 1. The van der Waals surface area contributed by atoms with Crippen molar-refractivity contribution >= 4 is 21.4 Å². The van der Waals surface area contributed by atoms with Crippen molar-refractivity contribution in [3.05, 3.63) is 53.1 Å². The van der Waals surface area contributed by atoms with Crippen molar-refractivity contribution in [2.45, 2.75) is 31.6 Å². The summed E-state index contributed by atoms with van der Waals surface area (Å²) >= 11 is 0. The molecule has 1 N–H and O–H groups in total. The first-order valence-electron chi connectivity index (χ1n) is 8.87. The number of hydrogen-bond donors (Lipinski definition) is 1. The lowest BCUT2D eigenvalue weighted by Crippen LogP contribution is -2.32. The number of hydrogen-bond acceptors (Lipinski definition) is 4. The van der Waals surface area contributed by atoms with E-state index < -0.39 is 10.0 Å². The topological polar surface area (TPSA) is 58.6 Å². The Morgan fingerprint density at radius 3 is 2.65 bits per heavy atom. The van der Waals surface area contributed by atoms with Crippen LogP contribution in [0, 0.1) is 13.8 Å². The third kappa shape index (κ3) is 4.02. The van der Waals surface area contributed by atoms with E-state index in [1.807, 2.05) is 38.1 Å². The number of anilines is 2. The summed E-state index contributed by atoms with van der Waals surface area (Å²) in [6, 6.07) is 11.0. The highest BCUT2D eigenvalue weighted by atomic mass is 32.2. The summed E-state index contributed by atoms with van der Waals surface area (Å²) in [5, 5.41) is 0. The molecule has 0 spiro atoms. The second-order valence-electron chi connectivity index (χ2n) is 6.78. The molecule has 0 aromatic heterocycles. The lowest BCUT2D eigenvalue weighted by Gasteiger charge is -2.31. The molecule has 140 valence electrons. The lowest BCUT2D eigenvalue weighted by atomic mass is 10.0. The van der Waals surface area contributed by atoms with E-state index in [0.29, 0.717) is 12.3 Å². The summed E-state index contributed by atoms with van der Waals surface area (Å²) in [7, 11) is -1.91. The van der Waals surface area contributed by atoms with Gasteiger partial charge in [-0.15, -0.1) is 0 Å². The molecule has 1 heterocycles. The van der Waals surface area contributed by atoms with Crippen molar-refractivity contribution < 1.29 is 13.2 Å². The second kappa shape index (κ2) is 7.68. The third-order valence-corrected chi connectivity index (χ3v) is 6.29. The fraction of sp³-hybridized carbons (Fsp3) is 0.400. The van der Waals surface area contributed by atoms with Gasteiger partial charge in [0, 0.05) is 25.9 Å². The van der Waals surface area contributed by atoms with Gasteiger partial charge in [0.2, 0.25) is 0 Å². The van der Waals surface area contributed by atoms with Crippen LogP contribution in [0.5, 0.6) is 0 Å². The van der Waals surface area contributed by atoms with E-state index in [9.17, 15) is 8.42 Å². The van der Waals surface area contributed by atoms with Crippen molar-refractivity contribution in [1.29, 1.82) is 0 Å². The molecule has 26 heavy (non-hydrogen) atoms. The predicted octanol–water partition coefficient (Wildman–Crippen LogP) is 3.50. The molecule has 0 amide bonds. The van der Waals surface area contributed by atoms with E-state index in [0.717, 1.165) is 42.7 Å². The van der Waals surface area contributed by atoms with Gasteiger partial charge in [-0.3, -0.25) is 4.72 Å². The molecule has 2 aromatic rings. The molecule has 3 rings (SSSR count). The second-order valence-corrected chi connectivity index (χ2v) is 8.46. The molecule has 6 heteroatoms. The summed E-state index contributed by atoms with van der Waals surface area (Å²) in [5.74, 6) is 0. The van der Waals surface area contributed by atoms with E-state index in [2.05, 4.69) is 9.62 Å². The minimum atomic E-state index is -3.61. The number of ether oxygens (including phenoxy) is 1. The van der Waals surface area contributed by atoms with Crippen molar-refractivity contribution in [1.82, 2.24) is 0 Å². The highest BCUT2D eigenvalue weighted by Gasteiger charge is 2.19. The summed E-state index contributed by atoms with van der Waals surface area (Å²) < 4.78 is 33.4. The molecule has 2 aromatic carbocycles. The Morgan fingerprint density at radius 1 is 1.12 bits per heavy atom. The SMILES string of the molecule is COCCN1CCCc2ccc(NS(=O)(=O)c3ccc(C)c(C)c3)cc21.